The molecule has 2 rings (SSSR count). The van der Waals surface area contributed by atoms with Gasteiger partial charge in [-0.2, -0.15) is 0 Å². The Bertz CT molecular complexity index is 362. The number of amides is 1. The van der Waals surface area contributed by atoms with Crippen LogP contribution in [0.5, 0.6) is 0 Å². The van der Waals surface area contributed by atoms with Gasteiger partial charge in [0.1, 0.15) is 5.75 Å². The molecule has 12 heavy (non-hydrogen) atoms. The van der Waals surface area contributed by atoms with E-state index in [1.54, 1.807) is 12.1 Å². The molecule has 0 bridgehead atoms. The second-order valence-electron chi connectivity index (χ2n) is 2.53. The summed E-state index contributed by atoms with van der Waals surface area (Å²) < 4.78 is 11.3. The average Bonchev–Trinajstić information content (AvgIpc) is 2.04. The number of carbonyl (C=O) groups excluding carboxylic acids is 1. The third kappa shape index (κ3) is 1.14. The summed E-state index contributed by atoms with van der Waals surface area (Å²) in [6.45, 7) is 0. The number of fused-ring (bicyclic) bond motifs is 1. The van der Waals surface area contributed by atoms with E-state index in [0.29, 0.717) is 5.69 Å². The molecule has 62 valence electrons. The highest BCUT2D eigenvalue weighted by Crippen LogP contribution is 2.22. The fourth-order valence-corrected chi connectivity index (χ4v) is 2.21. The number of benzene rings is 1. The summed E-state index contributed by atoms with van der Waals surface area (Å²) in [5, 5.41) is 2.66. The minimum Gasteiger partial charge on any atom is -0.324 e. The van der Waals surface area contributed by atoms with Crippen LogP contribution in [0.1, 0.15) is 0 Å². The van der Waals surface area contributed by atoms with Crippen LogP contribution in [0, 0.1) is 0 Å². The Morgan fingerprint density at radius 2 is 2.08 bits per heavy atom. The Balaban J connectivity index is 2.54. The first-order chi connectivity index (χ1) is 5.77. The van der Waals surface area contributed by atoms with E-state index in [1.807, 2.05) is 12.1 Å². The number of nitrogens with one attached hydrogen (secondary N) is 1. The van der Waals surface area contributed by atoms with E-state index in [9.17, 15) is 9.00 Å². The van der Waals surface area contributed by atoms with Crippen LogP contribution in [0.4, 0.5) is 5.69 Å². The van der Waals surface area contributed by atoms with Crippen LogP contribution in [-0.4, -0.2) is 15.9 Å². The lowest BCUT2D eigenvalue weighted by atomic mass is 10.3. The molecule has 1 heterocycles. The zero-order valence-electron chi connectivity index (χ0n) is 6.24. The topological polar surface area (TPSA) is 46.2 Å². The maximum absolute atomic E-state index is 11.3. The summed E-state index contributed by atoms with van der Waals surface area (Å²) in [7, 11) is -1.16. The van der Waals surface area contributed by atoms with Crippen LogP contribution in [0.2, 0.25) is 0 Å². The summed E-state index contributed by atoms with van der Waals surface area (Å²) in [6.07, 6.45) is 0. The Morgan fingerprint density at radius 3 is 2.92 bits per heavy atom. The van der Waals surface area contributed by atoms with Crippen LogP contribution in [0.15, 0.2) is 29.2 Å². The molecule has 1 aromatic rings. The highest BCUT2D eigenvalue weighted by Gasteiger charge is 2.19. The molecular weight excluding hydrogens is 174 g/mol. The molecule has 1 aromatic carbocycles. The molecule has 4 heteroatoms. The summed E-state index contributed by atoms with van der Waals surface area (Å²) in [5.41, 5.74) is 0.673. The number of hydrogen-bond donors (Lipinski definition) is 1. The van der Waals surface area contributed by atoms with E-state index < -0.39 is 10.8 Å². The van der Waals surface area contributed by atoms with Crippen LogP contribution in [0.3, 0.4) is 0 Å². The molecule has 0 unspecified atom stereocenters. The summed E-state index contributed by atoms with van der Waals surface area (Å²) in [5.74, 6) is -0.0937. The predicted molar refractivity (Wildman–Crippen MR) is 46.3 cm³/mol. The smallest absolute Gasteiger partial charge is 0.237 e. The van der Waals surface area contributed by atoms with E-state index >= 15 is 0 Å². The standard InChI is InChI=1S/C8H7NO2S/c10-8-5-12(11)7-4-2-1-3-6(7)9-8/h1-4H,5H2,(H,9,10)/t12-/m0/s1. The minimum absolute atomic E-state index is 0.0804. The largest absolute Gasteiger partial charge is 0.324 e. The van der Waals surface area contributed by atoms with Crippen LogP contribution >= 0.6 is 0 Å². The first-order valence-corrected chi connectivity index (χ1v) is 4.86. The molecule has 0 fully saturated rings. The van der Waals surface area contributed by atoms with E-state index in [0.717, 1.165) is 4.90 Å². The van der Waals surface area contributed by atoms with Crippen molar-refractivity contribution in [2.45, 2.75) is 4.90 Å². The molecule has 0 radical (unpaired) electrons. The maximum atomic E-state index is 11.3. The fraction of sp³-hybridized carbons (Fsp3) is 0.125. The third-order valence-corrected chi connectivity index (χ3v) is 3.04. The Kier molecular flexibility index (Phi) is 1.69. The van der Waals surface area contributed by atoms with Crippen molar-refractivity contribution < 1.29 is 9.00 Å². The average molecular weight is 181 g/mol. The molecule has 1 aliphatic rings. The number of hydrogen-bond acceptors (Lipinski definition) is 2. The Labute approximate surface area is 72.2 Å². The molecule has 0 spiro atoms. The van der Waals surface area contributed by atoms with Gasteiger partial charge >= 0.3 is 0 Å². The Morgan fingerprint density at radius 1 is 1.33 bits per heavy atom. The van der Waals surface area contributed by atoms with E-state index in [2.05, 4.69) is 5.32 Å². The van der Waals surface area contributed by atoms with Gasteiger partial charge in [0, 0.05) is 0 Å². The summed E-state index contributed by atoms with van der Waals surface area (Å²) in [6, 6.07) is 7.14. The zero-order chi connectivity index (χ0) is 8.55. The first kappa shape index (κ1) is 7.49. The normalized spacial score (nSPS) is 21.3. The van der Waals surface area contributed by atoms with Gasteiger partial charge in [0.2, 0.25) is 5.91 Å². The van der Waals surface area contributed by atoms with E-state index in [1.165, 1.54) is 0 Å². The molecule has 1 atom stereocenters. The van der Waals surface area contributed by atoms with Crippen molar-refractivity contribution in [2.75, 3.05) is 11.1 Å². The summed E-state index contributed by atoms with van der Waals surface area (Å²) in [4.78, 5) is 11.7. The van der Waals surface area contributed by atoms with Crippen molar-refractivity contribution in [3.05, 3.63) is 24.3 Å². The number of carbonyl (C=O) groups is 1. The third-order valence-electron chi connectivity index (χ3n) is 1.67. The number of anilines is 1. The van der Waals surface area contributed by atoms with Gasteiger partial charge in [0.25, 0.3) is 0 Å². The Hall–Kier alpha value is -1.16. The molecule has 1 aliphatic heterocycles. The predicted octanol–water partition coefficient (Wildman–Crippen LogP) is 0.746. The van der Waals surface area contributed by atoms with Crippen molar-refractivity contribution >= 4 is 22.4 Å². The van der Waals surface area contributed by atoms with Crippen molar-refractivity contribution in [2.24, 2.45) is 0 Å². The van der Waals surface area contributed by atoms with Gasteiger partial charge in [-0.15, -0.1) is 0 Å². The highest BCUT2D eigenvalue weighted by molar-refractivity contribution is 7.86. The quantitative estimate of drug-likeness (QED) is 0.641. The van der Waals surface area contributed by atoms with Gasteiger partial charge in [-0.25, -0.2) is 0 Å². The van der Waals surface area contributed by atoms with E-state index in [-0.39, 0.29) is 11.7 Å². The molecule has 0 aliphatic carbocycles. The van der Waals surface area contributed by atoms with Crippen molar-refractivity contribution in [1.82, 2.24) is 0 Å². The number of para-hydroxylation sites is 1. The molecule has 0 saturated carbocycles. The molecule has 0 aromatic heterocycles. The highest BCUT2D eigenvalue weighted by atomic mass is 32.2. The van der Waals surface area contributed by atoms with Gasteiger partial charge in [-0.05, 0) is 12.1 Å². The van der Waals surface area contributed by atoms with Crippen molar-refractivity contribution in [1.29, 1.82) is 0 Å². The lowest BCUT2D eigenvalue weighted by molar-refractivity contribution is -0.113. The zero-order valence-corrected chi connectivity index (χ0v) is 7.06. The maximum Gasteiger partial charge on any atom is 0.237 e. The minimum atomic E-state index is -1.16. The van der Waals surface area contributed by atoms with Gasteiger partial charge < -0.3 is 5.32 Å². The number of rotatable bonds is 0. The molecule has 1 N–H and O–H groups in total. The van der Waals surface area contributed by atoms with Gasteiger partial charge in [-0.3, -0.25) is 9.00 Å². The fourth-order valence-electron chi connectivity index (χ4n) is 1.15. The summed E-state index contributed by atoms with van der Waals surface area (Å²) >= 11 is 0. The van der Waals surface area contributed by atoms with Crippen molar-refractivity contribution in [3.63, 3.8) is 0 Å². The molecule has 3 nitrogen and oxygen atoms in total. The SMILES string of the molecule is O=C1C[S@](=O)c2ccccc2N1. The molecule has 0 saturated heterocycles. The van der Waals surface area contributed by atoms with Crippen LogP contribution in [-0.2, 0) is 15.6 Å². The van der Waals surface area contributed by atoms with Gasteiger partial charge in [-0.1, -0.05) is 12.1 Å². The first-order valence-electron chi connectivity index (χ1n) is 3.54. The van der Waals surface area contributed by atoms with Crippen molar-refractivity contribution in [3.8, 4) is 0 Å². The van der Waals surface area contributed by atoms with Gasteiger partial charge in [0.05, 0.1) is 21.4 Å². The van der Waals surface area contributed by atoms with Gasteiger partial charge in [0.15, 0.2) is 0 Å². The lowest BCUT2D eigenvalue weighted by Gasteiger charge is -2.14. The second-order valence-corrected chi connectivity index (χ2v) is 3.95. The second kappa shape index (κ2) is 2.71. The lowest BCUT2D eigenvalue weighted by Crippen LogP contribution is -2.25. The monoisotopic (exact) mass is 181 g/mol. The molecular formula is C8H7NO2S. The van der Waals surface area contributed by atoms with Crippen LogP contribution in [0.25, 0.3) is 0 Å². The molecule has 1 amide bonds. The van der Waals surface area contributed by atoms with Crippen LogP contribution < -0.4 is 5.32 Å². The van der Waals surface area contributed by atoms with E-state index in [4.69, 9.17) is 0 Å².